The summed E-state index contributed by atoms with van der Waals surface area (Å²) in [6, 6.07) is 12.0. The lowest BCUT2D eigenvalue weighted by Gasteiger charge is -2.31. The van der Waals surface area contributed by atoms with Crippen LogP contribution in [-0.4, -0.2) is 37.1 Å². The predicted molar refractivity (Wildman–Crippen MR) is 102 cm³/mol. The van der Waals surface area contributed by atoms with E-state index in [2.05, 4.69) is 27.3 Å². The van der Waals surface area contributed by atoms with Crippen LogP contribution in [0.1, 0.15) is 22.9 Å². The number of carbonyl (C=O) groups excluding carboxylic acids is 1. The number of benzene rings is 2. The van der Waals surface area contributed by atoms with Crippen molar-refractivity contribution >= 4 is 22.8 Å². The third-order valence-electron chi connectivity index (χ3n) is 5.37. The van der Waals surface area contributed by atoms with E-state index in [4.69, 9.17) is 9.15 Å². The SMILES string of the molecule is Cc1nc2ccc(C3Cc4ccc(N5CCNCC5)cc4OC3=O)cc2o1. The van der Waals surface area contributed by atoms with Gasteiger partial charge in [0.2, 0.25) is 0 Å². The van der Waals surface area contributed by atoms with Crippen LogP contribution in [0.15, 0.2) is 40.8 Å². The molecule has 0 saturated carbocycles. The zero-order valence-electron chi connectivity index (χ0n) is 15.2. The highest BCUT2D eigenvalue weighted by atomic mass is 16.5. The maximum atomic E-state index is 12.7. The molecule has 3 heterocycles. The maximum Gasteiger partial charge on any atom is 0.319 e. The quantitative estimate of drug-likeness (QED) is 0.558. The molecule has 5 rings (SSSR count). The third-order valence-corrected chi connectivity index (χ3v) is 5.37. The first-order chi connectivity index (χ1) is 13.2. The van der Waals surface area contributed by atoms with Gasteiger partial charge in [-0.1, -0.05) is 12.1 Å². The minimum absolute atomic E-state index is 0.212. The van der Waals surface area contributed by atoms with E-state index in [9.17, 15) is 4.79 Å². The Bertz CT molecular complexity index is 1020. The molecule has 0 amide bonds. The first-order valence-corrected chi connectivity index (χ1v) is 9.35. The van der Waals surface area contributed by atoms with E-state index in [1.54, 1.807) is 0 Å². The zero-order chi connectivity index (χ0) is 18.4. The number of rotatable bonds is 2. The van der Waals surface area contributed by atoms with Crippen LogP contribution in [-0.2, 0) is 11.2 Å². The summed E-state index contributed by atoms with van der Waals surface area (Å²) in [7, 11) is 0. The summed E-state index contributed by atoms with van der Waals surface area (Å²) in [5.41, 5.74) is 4.59. The van der Waals surface area contributed by atoms with Crippen molar-refractivity contribution < 1.29 is 13.9 Å². The Balaban J connectivity index is 1.43. The Hall–Kier alpha value is -2.86. The van der Waals surface area contributed by atoms with E-state index in [1.807, 2.05) is 31.2 Å². The largest absolute Gasteiger partial charge is 0.441 e. The van der Waals surface area contributed by atoms with Gasteiger partial charge in [0.25, 0.3) is 0 Å². The lowest BCUT2D eigenvalue weighted by molar-refractivity contribution is -0.137. The van der Waals surface area contributed by atoms with Gasteiger partial charge in [-0.3, -0.25) is 4.79 Å². The van der Waals surface area contributed by atoms with E-state index in [0.717, 1.165) is 48.5 Å². The summed E-state index contributed by atoms with van der Waals surface area (Å²) in [5.74, 6) is 0.774. The van der Waals surface area contributed by atoms with Gasteiger partial charge in [-0.15, -0.1) is 0 Å². The molecule has 0 radical (unpaired) electrons. The summed E-state index contributed by atoms with van der Waals surface area (Å²) in [6.45, 7) is 5.70. The van der Waals surface area contributed by atoms with Gasteiger partial charge in [0.15, 0.2) is 11.5 Å². The molecule has 0 aliphatic carbocycles. The molecule has 1 atom stereocenters. The van der Waals surface area contributed by atoms with Crippen molar-refractivity contribution in [2.45, 2.75) is 19.3 Å². The van der Waals surface area contributed by atoms with Crippen LogP contribution < -0.4 is 15.0 Å². The van der Waals surface area contributed by atoms with Crippen LogP contribution in [0.3, 0.4) is 0 Å². The molecule has 0 bridgehead atoms. The van der Waals surface area contributed by atoms with Crippen LogP contribution >= 0.6 is 0 Å². The number of hydrogen-bond donors (Lipinski definition) is 1. The molecule has 2 aliphatic heterocycles. The monoisotopic (exact) mass is 363 g/mol. The Morgan fingerprint density at radius 2 is 2.00 bits per heavy atom. The number of ether oxygens (including phenoxy) is 1. The zero-order valence-corrected chi connectivity index (χ0v) is 15.2. The number of oxazole rings is 1. The molecule has 1 fully saturated rings. The molecule has 138 valence electrons. The fraction of sp³-hybridized carbons (Fsp3) is 0.333. The Morgan fingerprint density at radius 1 is 1.15 bits per heavy atom. The average molecular weight is 363 g/mol. The smallest absolute Gasteiger partial charge is 0.319 e. The summed E-state index contributed by atoms with van der Waals surface area (Å²) < 4.78 is 11.3. The van der Waals surface area contributed by atoms with Crippen molar-refractivity contribution in [2.75, 3.05) is 31.1 Å². The van der Waals surface area contributed by atoms with Crippen LogP contribution in [0.25, 0.3) is 11.1 Å². The highest BCUT2D eigenvalue weighted by Crippen LogP contribution is 2.36. The third kappa shape index (κ3) is 2.96. The first-order valence-electron chi connectivity index (χ1n) is 9.35. The van der Waals surface area contributed by atoms with Gasteiger partial charge in [-0.05, 0) is 35.7 Å². The molecular formula is C21H21N3O3. The van der Waals surface area contributed by atoms with Crippen LogP contribution in [0.5, 0.6) is 5.75 Å². The number of carbonyl (C=O) groups is 1. The molecule has 1 aromatic heterocycles. The van der Waals surface area contributed by atoms with Crippen molar-refractivity contribution in [2.24, 2.45) is 0 Å². The minimum atomic E-state index is -0.322. The Labute approximate surface area is 157 Å². The molecular weight excluding hydrogens is 342 g/mol. The van der Waals surface area contributed by atoms with Crippen LogP contribution in [0.4, 0.5) is 5.69 Å². The Morgan fingerprint density at radius 3 is 2.85 bits per heavy atom. The fourth-order valence-corrected chi connectivity index (χ4v) is 3.94. The van der Waals surface area contributed by atoms with Crippen LogP contribution in [0.2, 0.25) is 0 Å². The van der Waals surface area contributed by atoms with Gasteiger partial charge in [0, 0.05) is 44.9 Å². The molecule has 1 N–H and O–H groups in total. The number of fused-ring (bicyclic) bond motifs is 2. The number of aromatic nitrogens is 1. The molecule has 6 heteroatoms. The second kappa shape index (κ2) is 6.39. The van der Waals surface area contributed by atoms with Gasteiger partial charge in [-0.25, -0.2) is 4.98 Å². The fourth-order valence-electron chi connectivity index (χ4n) is 3.94. The number of piperazine rings is 1. The lowest BCUT2D eigenvalue weighted by Crippen LogP contribution is -2.43. The van der Waals surface area contributed by atoms with E-state index in [0.29, 0.717) is 23.6 Å². The molecule has 1 unspecified atom stereocenters. The summed E-state index contributed by atoms with van der Waals surface area (Å²) in [4.78, 5) is 19.3. The van der Waals surface area contributed by atoms with Gasteiger partial charge < -0.3 is 19.4 Å². The number of aryl methyl sites for hydroxylation is 1. The normalized spacial score (nSPS) is 19.8. The van der Waals surface area contributed by atoms with Crippen molar-refractivity contribution in [1.29, 1.82) is 0 Å². The van der Waals surface area contributed by atoms with E-state index >= 15 is 0 Å². The maximum absolute atomic E-state index is 12.7. The lowest BCUT2D eigenvalue weighted by atomic mass is 9.89. The van der Waals surface area contributed by atoms with Gasteiger partial charge in [-0.2, -0.15) is 0 Å². The van der Waals surface area contributed by atoms with Gasteiger partial charge in [0.05, 0.1) is 5.92 Å². The summed E-state index contributed by atoms with van der Waals surface area (Å²) in [5, 5.41) is 3.35. The standard InChI is InChI=1S/C21H21N3O3/c1-13-23-18-5-3-14(11-20(18)26-13)17-10-15-2-4-16(12-19(15)27-21(17)25)24-8-6-22-7-9-24/h2-5,11-12,17,22H,6-10H2,1H3. The Kier molecular flexibility index (Phi) is 3.86. The van der Waals surface area contributed by atoms with Crippen molar-refractivity contribution in [1.82, 2.24) is 10.3 Å². The minimum Gasteiger partial charge on any atom is -0.441 e. The van der Waals surface area contributed by atoms with Gasteiger partial charge >= 0.3 is 5.97 Å². The molecule has 27 heavy (non-hydrogen) atoms. The van der Waals surface area contributed by atoms with E-state index in [1.165, 1.54) is 0 Å². The molecule has 3 aromatic rings. The van der Waals surface area contributed by atoms with Crippen molar-refractivity contribution in [3.8, 4) is 5.75 Å². The van der Waals surface area contributed by atoms with Crippen LogP contribution in [0, 0.1) is 6.92 Å². The summed E-state index contributed by atoms with van der Waals surface area (Å²) in [6.07, 6.45) is 0.634. The van der Waals surface area contributed by atoms with Crippen molar-refractivity contribution in [3.05, 3.63) is 53.4 Å². The number of nitrogens with one attached hydrogen (secondary N) is 1. The average Bonchev–Trinajstić information content (AvgIpc) is 3.07. The highest BCUT2D eigenvalue weighted by molar-refractivity contribution is 5.85. The molecule has 1 saturated heterocycles. The van der Waals surface area contributed by atoms with Crippen molar-refractivity contribution in [3.63, 3.8) is 0 Å². The highest BCUT2D eigenvalue weighted by Gasteiger charge is 2.31. The number of anilines is 1. The summed E-state index contributed by atoms with van der Waals surface area (Å²) >= 11 is 0. The van der Waals surface area contributed by atoms with E-state index in [-0.39, 0.29) is 11.9 Å². The first kappa shape index (κ1) is 16.3. The van der Waals surface area contributed by atoms with E-state index < -0.39 is 0 Å². The second-order valence-electron chi connectivity index (χ2n) is 7.17. The molecule has 0 spiro atoms. The van der Waals surface area contributed by atoms with Gasteiger partial charge in [0.1, 0.15) is 11.3 Å². The number of hydrogen-bond acceptors (Lipinski definition) is 6. The number of nitrogens with zero attached hydrogens (tertiary/aromatic N) is 2. The molecule has 6 nitrogen and oxygen atoms in total. The number of esters is 1. The molecule has 2 aliphatic rings. The predicted octanol–water partition coefficient (Wildman–Crippen LogP) is 2.79. The molecule has 2 aromatic carbocycles. The second-order valence-corrected chi connectivity index (χ2v) is 7.17. The topological polar surface area (TPSA) is 67.6 Å².